The number of nitrogens with zero attached hydrogens (tertiary/aromatic N) is 1. The van der Waals surface area contributed by atoms with E-state index >= 15 is 0 Å². The van der Waals surface area contributed by atoms with Gasteiger partial charge < -0.3 is 5.73 Å². The summed E-state index contributed by atoms with van der Waals surface area (Å²) in [5, 5.41) is 3.14. The number of anilines is 1. The van der Waals surface area contributed by atoms with E-state index in [9.17, 15) is 0 Å². The summed E-state index contributed by atoms with van der Waals surface area (Å²) in [6, 6.07) is 9.97. The fourth-order valence-corrected chi connectivity index (χ4v) is 3.26. The second-order valence-corrected chi connectivity index (χ2v) is 5.20. The molecule has 2 aromatic heterocycles. The number of rotatable bonds is 1. The molecule has 0 atom stereocenters. The maximum absolute atomic E-state index is 5.73. The molecule has 0 spiro atoms. The number of thiazole rings is 1. The Morgan fingerprint density at radius 1 is 1.20 bits per heavy atom. The molecule has 15 heavy (non-hydrogen) atoms. The third kappa shape index (κ3) is 1.52. The maximum atomic E-state index is 5.73. The lowest BCUT2D eigenvalue weighted by atomic mass is 10.3. The normalized spacial score (nSPS) is 10.9. The van der Waals surface area contributed by atoms with Crippen LogP contribution in [0.1, 0.15) is 0 Å². The van der Waals surface area contributed by atoms with Crippen LogP contribution in [0.5, 0.6) is 0 Å². The van der Waals surface area contributed by atoms with Gasteiger partial charge in [0.1, 0.15) is 5.01 Å². The molecule has 0 aliphatic carbocycles. The van der Waals surface area contributed by atoms with Crippen molar-refractivity contribution in [2.24, 2.45) is 0 Å². The number of aromatic nitrogens is 1. The van der Waals surface area contributed by atoms with Gasteiger partial charge in [0.2, 0.25) is 0 Å². The molecule has 0 amide bonds. The van der Waals surface area contributed by atoms with E-state index in [1.165, 1.54) is 4.88 Å². The van der Waals surface area contributed by atoms with Gasteiger partial charge in [0, 0.05) is 5.69 Å². The molecular formula is C11H8N2S2. The van der Waals surface area contributed by atoms with E-state index in [2.05, 4.69) is 16.4 Å². The van der Waals surface area contributed by atoms with Crippen LogP contribution in [0.25, 0.3) is 20.1 Å². The monoisotopic (exact) mass is 232 g/mol. The van der Waals surface area contributed by atoms with Crippen molar-refractivity contribution in [3.8, 4) is 9.88 Å². The van der Waals surface area contributed by atoms with Gasteiger partial charge in [-0.25, -0.2) is 4.98 Å². The highest BCUT2D eigenvalue weighted by Crippen LogP contribution is 2.33. The van der Waals surface area contributed by atoms with E-state index < -0.39 is 0 Å². The Balaban J connectivity index is 2.22. The van der Waals surface area contributed by atoms with Crippen molar-refractivity contribution in [1.29, 1.82) is 0 Å². The lowest BCUT2D eigenvalue weighted by Crippen LogP contribution is -1.81. The zero-order chi connectivity index (χ0) is 10.3. The summed E-state index contributed by atoms with van der Waals surface area (Å²) in [4.78, 5) is 5.79. The number of hydrogen-bond acceptors (Lipinski definition) is 4. The van der Waals surface area contributed by atoms with Crippen LogP contribution < -0.4 is 5.73 Å². The molecule has 2 heterocycles. The van der Waals surface area contributed by atoms with Crippen LogP contribution in [0, 0.1) is 0 Å². The minimum absolute atomic E-state index is 0.795. The van der Waals surface area contributed by atoms with Gasteiger partial charge in [0.05, 0.1) is 15.1 Å². The molecule has 0 saturated carbocycles. The Morgan fingerprint density at radius 2 is 2.13 bits per heavy atom. The Bertz CT molecular complexity index is 596. The summed E-state index contributed by atoms with van der Waals surface area (Å²) in [5.41, 5.74) is 7.55. The summed E-state index contributed by atoms with van der Waals surface area (Å²) in [7, 11) is 0. The van der Waals surface area contributed by atoms with Crippen LogP contribution in [0.4, 0.5) is 5.69 Å². The Labute approximate surface area is 95.0 Å². The molecule has 3 aromatic rings. The van der Waals surface area contributed by atoms with E-state index in [0.717, 1.165) is 20.9 Å². The standard InChI is InChI=1S/C11H8N2S2/c12-7-3-4-8-10(6-7)15-11(13-8)9-2-1-5-14-9/h1-6H,12H2. The average molecular weight is 232 g/mol. The van der Waals surface area contributed by atoms with Gasteiger partial charge in [0.15, 0.2) is 0 Å². The highest BCUT2D eigenvalue weighted by Gasteiger charge is 2.06. The Hall–Kier alpha value is -1.39. The number of nitrogen functional groups attached to an aromatic ring is 1. The zero-order valence-electron chi connectivity index (χ0n) is 7.81. The first-order valence-electron chi connectivity index (χ1n) is 4.53. The largest absolute Gasteiger partial charge is 0.399 e. The maximum Gasteiger partial charge on any atom is 0.134 e. The van der Waals surface area contributed by atoms with Crippen molar-refractivity contribution in [2.75, 3.05) is 5.73 Å². The first-order chi connectivity index (χ1) is 7.33. The summed E-state index contributed by atoms with van der Waals surface area (Å²) >= 11 is 3.40. The number of nitrogens with two attached hydrogens (primary N) is 1. The number of thiophene rings is 1. The van der Waals surface area contributed by atoms with Gasteiger partial charge in [-0.2, -0.15) is 0 Å². The first-order valence-corrected chi connectivity index (χ1v) is 6.22. The average Bonchev–Trinajstić information content (AvgIpc) is 2.84. The van der Waals surface area contributed by atoms with Gasteiger partial charge in [-0.15, -0.1) is 22.7 Å². The topological polar surface area (TPSA) is 38.9 Å². The van der Waals surface area contributed by atoms with Crippen molar-refractivity contribution in [3.05, 3.63) is 35.7 Å². The minimum Gasteiger partial charge on any atom is -0.399 e. The van der Waals surface area contributed by atoms with E-state index in [4.69, 9.17) is 5.73 Å². The number of benzene rings is 1. The molecule has 2 nitrogen and oxygen atoms in total. The number of hydrogen-bond donors (Lipinski definition) is 1. The summed E-state index contributed by atoms with van der Waals surface area (Å²) in [6.07, 6.45) is 0. The van der Waals surface area contributed by atoms with E-state index in [1.807, 2.05) is 24.3 Å². The van der Waals surface area contributed by atoms with Crippen molar-refractivity contribution in [3.63, 3.8) is 0 Å². The van der Waals surface area contributed by atoms with Crippen molar-refractivity contribution in [1.82, 2.24) is 4.98 Å². The zero-order valence-corrected chi connectivity index (χ0v) is 9.44. The lowest BCUT2D eigenvalue weighted by Gasteiger charge is -1.89. The quantitative estimate of drug-likeness (QED) is 0.651. The molecule has 3 rings (SSSR count). The van der Waals surface area contributed by atoms with Crippen LogP contribution in [0.2, 0.25) is 0 Å². The van der Waals surface area contributed by atoms with Crippen LogP contribution in [-0.2, 0) is 0 Å². The minimum atomic E-state index is 0.795. The molecule has 0 radical (unpaired) electrons. The van der Waals surface area contributed by atoms with Gasteiger partial charge in [-0.3, -0.25) is 0 Å². The molecule has 0 fully saturated rings. The third-order valence-corrected chi connectivity index (χ3v) is 4.20. The molecule has 4 heteroatoms. The lowest BCUT2D eigenvalue weighted by molar-refractivity contribution is 1.50. The molecule has 0 bridgehead atoms. The van der Waals surface area contributed by atoms with Gasteiger partial charge in [-0.05, 0) is 29.6 Å². The number of fused-ring (bicyclic) bond motifs is 1. The Kier molecular flexibility index (Phi) is 1.97. The Morgan fingerprint density at radius 3 is 2.93 bits per heavy atom. The molecule has 0 unspecified atom stereocenters. The van der Waals surface area contributed by atoms with Crippen molar-refractivity contribution in [2.45, 2.75) is 0 Å². The molecule has 74 valence electrons. The molecule has 0 aliphatic heterocycles. The van der Waals surface area contributed by atoms with E-state index in [1.54, 1.807) is 22.7 Å². The van der Waals surface area contributed by atoms with E-state index in [0.29, 0.717) is 0 Å². The third-order valence-electron chi connectivity index (χ3n) is 2.14. The SMILES string of the molecule is Nc1ccc2nc(-c3cccs3)sc2c1. The van der Waals surface area contributed by atoms with Gasteiger partial charge in [-0.1, -0.05) is 6.07 Å². The highest BCUT2D eigenvalue weighted by atomic mass is 32.1. The molecule has 0 aliphatic rings. The second-order valence-electron chi connectivity index (χ2n) is 3.22. The van der Waals surface area contributed by atoms with Crippen molar-refractivity contribution < 1.29 is 0 Å². The first kappa shape index (κ1) is 8.88. The van der Waals surface area contributed by atoms with Crippen molar-refractivity contribution >= 4 is 38.6 Å². The highest BCUT2D eigenvalue weighted by molar-refractivity contribution is 7.25. The fourth-order valence-electron chi connectivity index (χ4n) is 1.45. The summed E-state index contributed by atoms with van der Waals surface area (Å²) < 4.78 is 1.15. The van der Waals surface area contributed by atoms with Gasteiger partial charge >= 0.3 is 0 Å². The van der Waals surface area contributed by atoms with Gasteiger partial charge in [0.25, 0.3) is 0 Å². The molecule has 2 N–H and O–H groups in total. The fraction of sp³-hybridized carbons (Fsp3) is 0. The predicted octanol–water partition coefficient (Wildman–Crippen LogP) is 3.61. The van der Waals surface area contributed by atoms with E-state index in [-0.39, 0.29) is 0 Å². The van der Waals surface area contributed by atoms with Crippen LogP contribution in [0.15, 0.2) is 35.7 Å². The van der Waals surface area contributed by atoms with Crippen LogP contribution in [-0.4, -0.2) is 4.98 Å². The summed E-state index contributed by atoms with van der Waals surface area (Å²) in [6.45, 7) is 0. The molecule has 0 saturated heterocycles. The summed E-state index contributed by atoms with van der Waals surface area (Å²) in [5.74, 6) is 0. The predicted molar refractivity (Wildman–Crippen MR) is 67.3 cm³/mol. The smallest absolute Gasteiger partial charge is 0.134 e. The van der Waals surface area contributed by atoms with Crippen LogP contribution >= 0.6 is 22.7 Å². The second kappa shape index (κ2) is 3.32. The molecule has 1 aromatic carbocycles. The van der Waals surface area contributed by atoms with Crippen LogP contribution in [0.3, 0.4) is 0 Å². The molecular weight excluding hydrogens is 224 g/mol.